The van der Waals surface area contributed by atoms with Crippen molar-refractivity contribution in [2.24, 2.45) is 40.4 Å². The van der Waals surface area contributed by atoms with Crippen LogP contribution in [0.2, 0.25) is 0 Å². The van der Waals surface area contributed by atoms with Gasteiger partial charge in [0.15, 0.2) is 0 Å². The third-order valence-electron chi connectivity index (χ3n) is 14.7. The van der Waals surface area contributed by atoms with Crippen molar-refractivity contribution >= 4 is 35.6 Å². The van der Waals surface area contributed by atoms with Crippen LogP contribution < -0.4 is 10.6 Å². The second-order valence-corrected chi connectivity index (χ2v) is 23.0. The Balaban J connectivity index is 1.84. The van der Waals surface area contributed by atoms with Crippen LogP contribution in [0.4, 0.5) is 0 Å². The van der Waals surface area contributed by atoms with E-state index < -0.39 is 53.0 Å². The van der Waals surface area contributed by atoms with Crippen molar-refractivity contribution in [3.05, 3.63) is 23.3 Å². The van der Waals surface area contributed by atoms with Gasteiger partial charge < -0.3 is 30.6 Å². The summed E-state index contributed by atoms with van der Waals surface area (Å²) in [5.41, 5.74) is -0.913. The summed E-state index contributed by atoms with van der Waals surface area (Å²) >= 11 is 0. The van der Waals surface area contributed by atoms with Gasteiger partial charge in [0, 0.05) is 43.9 Å². The first-order chi connectivity index (χ1) is 29.9. The van der Waals surface area contributed by atoms with Crippen molar-refractivity contribution in [3.63, 3.8) is 0 Å². The minimum Gasteiger partial charge on any atom is -0.478 e. The Morgan fingerprint density at radius 2 is 1.11 bits per heavy atom. The summed E-state index contributed by atoms with van der Waals surface area (Å²) in [6.45, 7) is 30.6. The predicted octanol–water partition coefficient (Wildman–Crippen LogP) is 6.83. The molecule has 2 saturated heterocycles. The van der Waals surface area contributed by atoms with Crippen LogP contribution >= 0.6 is 0 Å². The minimum atomic E-state index is -1.04. The maximum atomic E-state index is 14.6. The zero-order chi connectivity index (χ0) is 49.6. The number of carboxylic acids is 2. The molecule has 3 fully saturated rings. The molecule has 65 heavy (non-hydrogen) atoms. The van der Waals surface area contributed by atoms with Gasteiger partial charge in [-0.3, -0.25) is 29.0 Å². The molecule has 4 N–H and O–H groups in total. The van der Waals surface area contributed by atoms with Gasteiger partial charge in [0.2, 0.25) is 23.6 Å². The average molecular weight is 913 g/mol. The van der Waals surface area contributed by atoms with Gasteiger partial charge in [-0.1, -0.05) is 94.7 Å². The molecule has 14 heteroatoms. The van der Waals surface area contributed by atoms with Crippen LogP contribution in [0.3, 0.4) is 0 Å². The van der Waals surface area contributed by atoms with E-state index >= 15 is 0 Å². The van der Waals surface area contributed by atoms with E-state index in [4.69, 9.17) is 0 Å². The highest BCUT2D eigenvalue weighted by atomic mass is 16.4. The smallest absolute Gasteiger partial charge is 0.331 e. The molecule has 2 heterocycles. The minimum absolute atomic E-state index is 0.0524. The lowest BCUT2D eigenvalue weighted by Crippen LogP contribution is -2.62. The molecule has 1 aliphatic carbocycles. The number of likely N-dealkylation sites (N-methyl/N-ethyl adjacent to an activating group) is 2. The third-order valence-corrected chi connectivity index (χ3v) is 14.7. The lowest BCUT2D eigenvalue weighted by Gasteiger charge is -2.47. The highest BCUT2D eigenvalue weighted by Gasteiger charge is 2.48. The fourth-order valence-corrected chi connectivity index (χ4v) is 10.7. The van der Waals surface area contributed by atoms with E-state index in [-0.39, 0.29) is 70.7 Å². The molecule has 0 spiro atoms. The summed E-state index contributed by atoms with van der Waals surface area (Å²) in [6, 6.07) is -3.13. The van der Waals surface area contributed by atoms with Gasteiger partial charge in [-0.2, -0.15) is 0 Å². The van der Waals surface area contributed by atoms with Gasteiger partial charge in [0.05, 0.1) is 24.2 Å². The summed E-state index contributed by atoms with van der Waals surface area (Å²) in [7, 11) is 3.37. The van der Waals surface area contributed by atoms with Crippen LogP contribution in [-0.4, -0.2) is 141 Å². The quantitative estimate of drug-likeness (QED) is 0.113. The summed E-state index contributed by atoms with van der Waals surface area (Å²) in [5, 5.41) is 25.6. The molecule has 0 aromatic heterocycles. The van der Waals surface area contributed by atoms with Gasteiger partial charge in [-0.05, 0) is 113 Å². The molecule has 0 aromatic carbocycles. The van der Waals surface area contributed by atoms with E-state index in [1.165, 1.54) is 13.8 Å². The van der Waals surface area contributed by atoms with Crippen molar-refractivity contribution in [1.82, 2.24) is 30.2 Å². The molecule has 0 bridgehead atoms. The van der Waals surface area contributed by atoms with Crippen LogP contribution in [0.5, 0.6) is 0 Å². The Bertz CT molecular complexity index is 1760. The number of nitrogens with one attached hydrogen (secondary N) is 2. The number of amides is 4. The first kappa shape index (κ1) is 55.5. The number of carbonyl (C=O) groups is 6. The van der Waals surface area contributed by atoms with E-state index in [1.54, 1.807) is 36.0 Å². The predicted molar refractivity (Wildman–Crippen MR) is 257 cm³/mol. The van der Waals surface area contributed by atoms with E-state index in [0.717, 1.165) is 45.2 Å². The molecular weight excluding hydrogens is 825 g/mol. The largest absolute Gasteiger partial charge is 0.478 e. The third kappa shape index (κ3) is 14.1. The van der Waals surface area contributed by atoms with Crippen molar-refractivity contribution in [2.75, 3.05) is 27.2 Å². The maximum absolute atomic E-state index is 14.6. The van der Waals surface area contributed by atoms with Crippen LogP contribution in [0, 0.1) is 40.4 Å². The Morgan fingerprint density at radius 1 is 0.662 bits per heavy atom. The van der Waals surface area contributed by atoms with Crippen LogP contribution in [0.25, 0.3) is 0 Å². The summed E-state index contributed by atoms with van der Waals surface area (Å²) < 4.78 is 0. The van der Waals surface area contributed by atoms with E-state index in [2.05, 4.69) is 41.2 Å². The van der Waals surface area contributed by atoms with Gasteiger partial charge in [0.25, 0.3) is 0 Å². The summed E-state index contributed by atoms with van der Waals surface area (Å²) in [5.74, 6) is -2.08. The number of piperidine rings is 2. The van der Waals surface area contributed by atoms with Gasteiger partial charge in [0.1, 0.15) is 12.1 Å². The van der Waals surface area contributed by atoms with Crippen LogP contribution in [0.15, 0.2) is 23.3 Å². The van der Waals surface area contributed by atoms with Crippen molar-refractivity contribution < 1.29 is 39.0 Å². The summed E-state index contributed by atoms with van der Waals surface area (Å²) in [4.78, 5) is 88.9. The number of carboxylic acid groups (broad SMARTS) is 2. The molecule has 370 valence electrons. The number of aliphatic carboxylic acids is 2. The number of carbonyl (C=O) groups excluding carboxylic acids is 4. The molecule has 3 aliphatic rings. The Labute approximate surface area is 391 Å². The molecule has 3 rings (SSSR count). The highest BCUT2D eigenvalue weighted by molar-refractivity contribution is 5.92. The Morgan fingerprint density at radius 3 is 1.51 bits per heavy atom. The van der Waals surface area contributed by atoms with Crippen molar-refractivity contribution in [1.29, 1.82) is 0 Å². The highest BCUT2D eigenvalue weighted by Crippen LogP contribution is 2.44. The molecular formula is C51H88N6O8. The number of hydrogen-bond acceptors (Lipinski definition) is 8. The molecule has 5 unspecified atom stereocenters. The molecule has 1 saturated carbocycles. The monoisotopic (exact) mass is 913 g/mol. The lowest BCUT2D eigenvalue weighted by atomic mass is 9.73. The second kappa shape index (κ2) is 22.8. The zero-order valence-electron chi connectivity index (χ0n) is 43.2. The molecule has 14 nitrogen and oxygen atoms in total. The number of likely N-dealkylation sites (tertiary alicyclic amines) is 2. The number of rotatable bonds is 17. The van der Waals surface area contributed by atoms with Crippen molar-refractivity contribution in [2.45, 2.75) is 197 Å². The first-order valence-corrected chi connectivity index (χ1v) is 24.4. The van der Waals surface area contributed by atoms with E-state index in [9.17, 15) is 39.0 Å². The van der Waals surface area contributed by atoms with Crippen LogP contribution in [0.1, 0.15) is 149 Å². The molecule has 4 amide bonds. The standard InChI is InChI=1S/C51H88N6O8/c1-29(2)39(24-32(7)48(62)63)54(16)46(60)42(50(10,11)12)52-44(58)38-20-18-19-23-56(38)36-22-21-35(26-36)37-27-41(57(31(5)6)28-34(37)9)45(59)53-43(51(13,14)15)47(61)55(17)40(30(3)4)25-33(8)49(64)65/h24-25,29-31,34-43H,18-23,26-28H2,1-17H3,(H,52,58)(H,53,59)(H,62,63)(H,64,65)/b32-24+,33-25+/t34-,35?,36?,37?,38+,39+,40+,41+,42?,43?/m0/s1. The zero-order valence-corrected chi connectivity index (χ0v) is 43.2. The maximum Gasteiger partial charge on any atom is 0.331 e. The normalized spacial score (nSPS) is 26.1. The van der Waals surface area contributed by atoms with Crippen molar-refractivity contribution in [3.8, 4) is 0 Å². The molecule has 2 aliphatic heterocycles. The Kier molecular flexibility index (Phi) is 19.5. The average Bonchev–Trinajstić information content (AvgIpc) is 3.70. The van der Waals surface area contributed by atoms with Gasteiger partial charge in [-0.15, -0.1) is 0 Å². The summed E-state index contributed by atoms with van der Waals surface area (Å²) in [6.07, 6.45) is 9.34. The van der Waals surface area contributed by atoms with E-state index in [0.29, 0.717) is 24.7 Å². The first-order valence-electron chi connectivity index (χ1n) is 24.4. The number of hydrogen-bond donors (Lipinski definition) is 4. The molecule has 10 atom stereocenters. The Hall–Kier alpha value is -3.78. The topological polar surface area (TPSA) is 180 Å². The second-order valence-electron chi connectivity index (χ2n) is 23.0. The van der Waals surface area contributed by atoms with E-state index in [1.807, 2.05) is 69.2 Å². The molecule has 0 aromatic rings. The lowest BCUT2D eigenvalue weighted by molar-refractivity contribution is -0.143. The van der Waals surface area contributed by atoms with Gasteiger partial charge >= 0.3 is 11.9 Å². The number of nitrogens with zero attached hydrogens (tertiary/aromatic N) is 4. The fraction of sp³-hybridized carbons (Fsp3) is 0.804. The fourth-order valence-electron chi connectivity index (χ4n) is 10.7. The van der Waals surface area contributed by atoms with Crippen LogP contribution in [-0.2, 0) is 28.8 Å². The molecule has 0 radical (unpaired) electrons. The van der Waals surface area contributed by atoms with Gasteiger partial charge in [-0.25, -0.2) is 9.59 Å². The SMILES string of the molecule is C/C(=C\[C@H](C(C)C)N(C)C(=O)C(NC(=O)[C@H]1CC(C2CCC(N3CCCC[C@@H]3C(=O)NC(C(=O)N(C)[C@H](/C=C(\C)C(=O)O)C(C)C)C(C)(C)C)C2)[C@@H](C)CN1C(C)C)C(C)(C)C)C(=O)O.